The zero-order valence-corrected chi connectivity index (χ0v) is 22.0. The average molecular weight is 502 g/mol. The van der Waals surface area contributed by atoms with Crippen molar-refractivity contribution < 1.29 is 28.1 Å². The highest BCUT2D eigenvalue weighted by Crippen LogP contribution is 2.44. The maximum Gasteiger partial charge on any atom is 0.258 e. The van der Waals surface area contributed by atoms with E-state index in [1.807, 2.05) is 25.1 Å². The molecule has 2 aliphatic heterocycles. The summed E-state index contributed by atoms with van der Waals surface area (Å²) in [6.07, 6.45) is 3.78. The number of rotatable bonds is 6. The molecule has 2 aromatic rings. The maximum atomic E-state index is 15.4. The van der Waals surface area contributed by atoms with Crippen molar-refractivity contribution in [2.24, 2.45) is 7.05 Å². The van der Waals surface area contributed by atoms with E-state index >= 15 is 4.39 Å². The third-order valence-corrected chi connectivity index (χ3v) is 7.48. The molecule has 3 heterocycles. The Labute approximate surface area is 211 Å². The number of hydrogen-bond donors (Lipinski definition) is 0. The van der Waals surface area contributed by atoms with Crippen LogP contribution in [0.4, 0.5) is 4.39 Å². The van der Waals surface area contributed by atoms with Crippen molar-refractivity contribution >= 4 is 16.3 Å². The van der Waals surface area contributed by atoms with Crippen LogP contribution < -0.4 is 5.56 Å². The topological polar surface area (TPSA) is 68.2 Å². The molecule has 4 rings (SSSR count). The molecule has 0 saturated carbocycles. The van der Waals surface area contributed by atoms with Crippen LogP contribution in [0.15, 0.2) is 46.7 Å². The van der Waals surface area contributed by atoms with Gasteiger partial charge in [-0.15, -0.1) is 0 Å². The van der Waals surface area contributed by atoms with Gasteiger partial charge in [0.05, 0.1) is 18.9 Å². The molecule has 2 saturated heterocycles. The van der Waals surface area contributed by atoms with Gasteiger partial charge in [0.1, 0.15) is 11.9 Å². The zero-order valence-electron chi connectivity index (χ0n) is 22.0. The summed E-state index contributed by atoms with van der Waals surface area (Å²) in [6, 6.07) is 7.38. The highest BCUT2D eigenvalue weighted by Gasteiger charge is 2.54. The van der Waals surface area contributed by atoms with E-state index in [4.69, 9.17) is 23.7 Å². The number of hydrogen-bond acceptors (Lipinski definition) is 6. The van der Waals surface area contributed by atoms with Crippen molar-refractivity contribution in [2.45, 2.75) is 64.1 Å². The van der Waals surface area contributed by atoms with Crippen LogP contribution >= 0.6 is 0 Å². The predicted octanol–water partition coefficient (Wildman–Crippen LogP) is 5.53. The zero-order chi connectivity index (χ0) is 26.1. The Morgan fingerprint density at radius 2 is 1.86 bits per heavy atom. The first-order valence-corrected chi connectivity index (χ1v) is 12.5. The molecule has 196 valence electrons. The minimum Gasteiger partial charge on any atom is -0.495 e. The average Bonchev–Trinajstić information content (AvgIpc) is 2.91. The minimum absolute atomic E-state index is 0.117. The summed E-state index contributed by atoms with van der Waals surface area (Å²) < 4.78 is 46.5. The van der Waals surface area contributed by atoms with Crippen molar-refractivity contribution in [3.8, 4) is 0 Å². The van der Waals surface area contributed by atoms with Gasteiger partial charge in [-0.25, -0.2) is 4.39 Å². The fraction of sp³-hybridized carbons (Fsp3) is 0.536. The summed E-state index contributed by atoms with van der Waals surface area (Å²) in [6.45, 7) is 6.09. The predicted molar refractivity (Wildman–Crippen MR) is 136 cm³/mol. The van der Waals surface area contributed by atoms with Gasteiger partial charge in [0, 0.05) is 38.6 Å². The molecule has 0 spiro atoms. The second-order valence-electron chi connectivity index (χ2n) is 9.49. The van der Waals surface area contributed by atoms with E-state index in [0.29, 0.717) is 36.3 Å². The monoisotopic (exact) mass is 501 g/mol. The van der Waals surface area contributed by atoms with Crippen LogP contribution in [0.2, 0.25) is 0 Å². The molecule has 0 bridgehead atoms. The molecule has 7 nitrogen and oxygen atoms in total. The smallest absolute Gasteiger partial charge is 0.258 e. The third kappa shape index (κ3) is 4.52. The van der Waals surface area contributed by atoms with E-state index < -0.39 is 17.7 Å². The van der Waals surface area contributed by atoms with E-state index in [1.54, 1.807) is 31.5 Å². The Morgan fingerprint density at radius 1 is 1.17 bits per heavy atom. The number of methoxy groups -OCH3 is 2. The second kappa shape index (κ2) is 10.5. The Kier molecular flexibility index (Phi) is 7.71. The highest BCUT2D eigenvalue weighted by atomic mass is 19.1. The lowest BCUT2D eigenvalue weighted by Gasteiger charge is -2.49. The van der Waals surface area contributed by atoms with Gasteiger partial charge in [-0.05, 0) is 56.2 Å². The fourth-order valence-corrected chi connectivity index (χ4v) is 5.02. The summed E-state index contributed by atoms with van der Waals surface area (Å²) in [7, 11) is 4.75. The molecule has 2 fully saturated rings. The van der Waals surface area contributed by atoms with Gasteiger partial charge in [-0.3, -0.25) is 4.79 Å². The number of ether oxygens (including phenoxy) is 5. The molecule has 1 aromatic heterocycles. The quantitative estimate of drug-likeness (QED) is 0.519. The number of pyridine rings is 1. The van der Waals surface area contributed by atoms with Crippen LogP contribution in [-0.4, -0.2) is 43.6 Å². The third-order valence-electron chi connectivity index (χ3n) is 7.48. The van der Waals surface area contributed by atoms with E-state index in [0.717, 1.165) is 29.4 Å². The van der Waals surface area contributed by atoms with Crippen LogP contribution in [0.25, 0.3) is 16.3 Å². The van der Waals surface area contributed by atoms with Gasteiger partial charge in [0.2, 0.25) is 11.6 Å². The molecule has 0 radical (unpaired) electrons. The minimum atomic E-state index is -1.26. The first-order valence-electron chi connectivity index (χ1n) is 12.5. The molecule has 3 atom stereocenters. The van der Waals surface area contributed by atoms with Crippen LogP contribution in [0, 0.1) is 0 Å². The SMILES string of the molecule is CCC(=CC(F)=C1CCCCO1)c1c(C2COC(C)(OC)C(C)(OC)O2)n(C)c(=O)c2ccccc12. The van der Waals surface area contributed by atoms with Crippen LogP contribution in [0.5, 0.6) is 0 Å². The number of aromatic nitrogens is 1. The van der Waals surface area contributed by atoms with Crippen molar-refractivity contribution in [3.05, 3.63) is 63.5 Å². The standard InChI is InChI=1S/C28H36FNO6/c1-7-18(16-21(29)22-14-10-11-15-34-22)24-19-12-8-9-13-20(19)26(31)30(4)25(24)23-17-35-27(2,32-5)28(3,33-6)36-23/h8-9,12-13,16,23H,7,10-11,14-15,17H2,1-6H3. The number of fused-ring (bicyclic) bond motifs is 1. The van der Waals surface area contributed by atoms with Crippen molar-refractivity contribution in [3.63, 3.8) is 0 Å². The number of halogens is 1. The van der Waals surface area contributed by atoms with Crippen LogP contribution in [-0.2, 0) is 30.7 Å². The van der Waals surface area contributed by atoms with E-state index in [-0.39, 0.29) is 18.0 Å². The van der Waals surface area contributed by atoms with E-state index in [9.17, 15) is 4.79 Å². The van der Waals surface area contributed by atoms with E-state index in [2.05, 4.69) is 0 Å². The number of nitrogens with zero attached hydrogens (tertiary/aromatic N) is 1. The van der Waals surface area contributed by atoms with Crippen LogP contribution in [0.1, 0.15) is 63.8 Å². The molecule has 2 aliphatic rings. The molecule has 36 heavy (non-hydrogen) atoms. The van der Waals surface area contributed by atoms with Crippen LogP contribution in [0.3, 0.4) is 0 Å². The largest absolute Gasteiger partial charge is 0.495 e. The van der Waals surface area contributed by atoms with Crippen molar-refractivity contribution in [1.82, 2.24) is 4.57 Å². The van der Waals surface area contributed by atoms with E-state index in [1.165, 1.54) is 20.3 Å². The lowest BCUT2D eigenvalue weighted by atomic mass is 9.91. The summed E-state index contributed by atoms with van der Waals surface area (Å²) in [5, 5.41) is 1.28. The molecule has 1 aromatic carbocycles. The summed E-state index contributed by atoms with van der Waals surface area (Å²) in [4.78, 5) is 13.4. The molecular weight excluding hydrogens is 465 g/mol. The van der Waals surface area contributed by atoms with Crippen molar-refractivity contribution in [2.75, 3.05) is 27.4 Å². The Bertz CT molecular complexity index is 1240. The van der Waals surface area contributed by atoms with Gasteiger partial charge in [-0.2, -0.15) is 0 Å². The summed E-state index contributed by atoms with van der Waals surface area (Å²) in [5.41, 5.74) is 1.90. The maximum absolute atomic E-state index is 15.4. The van der Waals surface area contributed by atoms with Gasteiger partial charge < -0.3 is 28.3 Å². The lowest BCUT2D eigenvalue weighted by molar-refractivity contribution is -0.433. The summed E-state index contributed by atoms with van der Waals surface area (Å²) >= 11 is 0. The fourth-order valence-electron chi connectivity index (χ4n) is 5.02. The van der Waals surface area contributed by atoms with Crippen molar-refractivity contribution in [1.29, 1.82) is 0 Å². The summed E-state index contributed by atoms with van der Waals surface area (Å²) in [5.74, 6) is -2.43. The van der Waals surface area contributed by atoms with Gasteiger partial charge in [0.15, 0.2) is 5.83 Å². The number of allylic oxidation sites excluding steroid dienone is 4. The van der Waals surface area contributed by atoms with Gasteiger partial charge in [0.25, 0.3) is 5.56 Å². The first kappa shape index (κ1) is 26.5. The highest BCUT2D eigenvalue weighted by molar-refractivity contribution is 5.94. The van der Waals surface area contributed by atoms with Gasteiger partial charge in [-0.1, -0.05) is 25.1 Å². The Hall–Kier alpha value is -2.52. The van der Waals surface area contributed by atoms with Gasteiger partial charge >= 0.3 is 0 Å². The first-order chi connectivity index (χ1) is 17.2. The Morgan fingerprint density at radius 3 is 2.47 bits per heavy atom. The molecule has 0 amide bonds. The second-order valence-corrected chi connectivity index (χ2v) is 9.49. The Balaban J connectivity index is 1.95. The molecule has 3 unspecified atom stereocenters. The normalized spacial score (nSPS) is 28.8. The lowest BCUT2D eigenvalue weighted by Crippen LogP contribution is -2.60. The molecule has 8 heteroatoms. The molecular formula is C28H36FNO6. The number of benzene rings is 1. The molecule has 0 N–H and O–H groups in total. The molecule has 0 aliphatic carbocycles.